The highest BCUT2D eigenvalue weighted by molar-refractivity contribution is 7.98. The first-order valence-electron chi connectivity index (χ1n) is 8.06. The minimum Gasteiger partial charge on any atom is -0.496 e. The molecule has 0 bridgehead atoms. The number of ketones is 1. The van der Waals surface area contributed by atoms with E-state index < -0.39 is 12.1 Å². The van der Waals surface area contributed by atoms with Crippen LogP contribution < -0.4 is 4.74 Å². The summed E-state index contributed by atoms with van der Waals surface area (Å²) < 4.78 is 10.6. The third-order valence-corrected chi connectivity index (χ3v) is 4.65. The molecule has 2 aromatic rings. The molecule has 0 aromatic heterocycles. The van der Waals surface area contributed by atoms with Crippen LogP contribution in [0, 0.1) is 0 Å². The number of carbonyl (C=O) groups is 2. The SMILES string of the molecule is CCc1ccc(C(=O)[C@H](C)OC(=O)c2ccc(SC)cc2OC)cc1. The summed E-state index contributed by atoms with van der Waals surface area (Å²) in [7, 11) is 1.50. The van der Waals surface area contributed by atoms with E-state index in [-0.39, 0.29) is 5.78 Å². The molecule has 0 radical (unpaired) electrons. The molecule has 0 unspecified atom stereocenters. The Kier molecular flexibility index (Phi) is 6.65. The number of esters is 1. The van der Waals surface area contributed by atoms with Gasteiger partial charge in [0.25, 0.3) is 0 Å². The molecule has 0 aliphatic heterocycles. The van der Waals surface area contributed by atoms with Gasteiger partial charge in [-0.2, -0.15) is 0 Å². The summed E-state index contributed by atoms with van der Waals surface area (Å²) in [5, 5.41) is 0. The zero-order valence-corrected chi connectivity index (χ0v) is 15.7. The fourth-order valence-corrected chi connectivity index (χ4v) is 2.81. The maximum atomic E-state index is 12.5. The van der Waals surface area contributed by atoms with Crippen molar-refractivity contribution in [1.29, 1.82) is 0 Å². The third kappa shape index (κ3) is 4.63. The van der Waals surface area contributed by atoms with Gasteiger partial charge in [0.2, 0.25) is 5.78 Å². The number of hydrogen-bond acceptors (Lipinski definition) is 5. The van der Waals surface area contributed by atoms with Crippen molar-refractivity contribution in [2.24, 2.45) is 0 Å². The maximum absolute atomic E-state index is 12.5. The second-order valence-electron chi connectivity index (χ2n) is 5.53. The summed E-state index contributed by atoms with van der Waals surface area (Å²) in [6.07, 6.45) is 1.98. The topological polar surface area (TPSA) is 52.6 Å². The average molecular weight is 358 g/mol. The highest BCUT2D eigenvalue weighted by Gasteiger charge is 2.22. The molecule has 132 valence electrons. The molecule has 4 nitrogen and oxygen atoms in total. The lowest BCUT2D eigenvalue weighted by atomic mass is 10.0. The summed E-state index contributed by atoms with van der Waals surface area (Å²) >= 11 is 1.55. The molecule has 0 amide bonds. The zero-order chi connectivity index (χ0) is 18.4. The molecule has 5 heteroatoms. The van der Waals surface area contributed by atoms with Gasteiger partial charge in [0, 0.05) is 10.5 Å². The van der Waals surface area contributed by atoms with Gasteiger partial charge in [0.05, 0.1) is 7.11 Å². The molecule has 0 heterocycles. The van der Waals surface area contributed by atoms with Crippen molar-refractivity contribution in [2.75, 3.05) is 13.4 Å². The lowest BCUT2D eigenvalue weighted by Gasteiger charge is -2.14. The number of hydrogen-bond donors (Lipinski definition) is 0. The van der Waals surface area contributed by atoms with Gasteiger partial charge >= 0.3 is 5.97 Å². The highest BCUT2D eigenvalue weighted by Crippen LogP contribution is 2.26. The van der Waals surface area contributed by atoms with E-state index in [2.05, 4.69) is 6.92 Å². The van der Waals surface area contributed by atoms with Gasteiger partial charge in [-0.1, -0.05) is 31.2 Å². The minimum atomic E-state index is -0.870. The van der Waals surface area contributed by atoms with Crippen LogP contribution in [0.3, 0.4) is 0 Å². The van der Waals surface area contributed by atoms with Crippen LogP contribution in [0.4, 0.5) is 0 Å². The lowest BCUT2D eigenvalue weighted by molar-refractivity contribution is 0.0316. The number of rotatable bonds is 7. The third-order valence-electron chi connectivity index (χ3n) is 3.93. The Bertz CT molecular complexity index is 753. The van der Waals surface area contributed by atoms with E-state index in [1.165, 1.54) is 7.11 Å². The molecule has 2 rings (SSSR count). The predicted molar refractivity (Wildman–Crippen MR) is 99.8 cm³/mol. The van der Waals surface area contributed by atoms with Crippen molar-refractivity contribution in [3.63, 3.8) is 0 Å². The second kappa shape index (κ2) is 8.72. The maximum Gasteiger partial charge on any atom is 0.342 e. The molecular formula is C20H22O4S. The normalized spacial score (nSPS) is 11.7. The van der Waals surface area contributed by atoms with E-state index >= 15 is 0 Å². The van der Waals surface area contributed by atoms with Crippen LogP contribution >= 0.6 is 11.8 Å². The van der Waals surface area contributed by atoms with Crippen molar-refractivity contribution in [2.45, 2.75) is 31.3 Å². The number of ether oxygens (including phenoxy) is 2. The first-order chi connectivity index (χ1) is 12.0. The van der Waals surface area contributed by atoms with Gasteiger partial charge in [-0.25, -0.2) is 4.79 Å². The molecule has 0 saturated heterocycles. The molecule has 1 atom stereocenters. The summed E-state index contributed by atoms with van der Waals surface area (Å²) in [4.78, 5) is 25.8. The van der Waals surface area contributed by atoms with Crippen molar-refractivity contribution in [1.82, 2.24) is 0 Å². The Balaban J connectivity index is 2.12. The Morgan fingerprint density at radius 2 is 1.80 bits per heavy atom. The molecule has 0 spiro atoms. The standard InChI is InChI=1S/C20H22O4S/c1-5-14-6-8-15(9-7-14)19(21)13(2)24-20(22)17-11-10-16(25-4)12-18(17)23-3/h6-13H,5H2,1-4H3/t13-/m0/s1. The smallest absolute Gasteiger partial charge is 0.342 e. The zero-order valence-electron chi connectivity index (χ0n) is 14.9. The second-order valence-corrected chi connectivity index (χ2v) is 6.41. The average Bonchev–Trinajstić information content (AvgIpc) is 2.66. The highest BCUT2D eigenvalue weighted by atomic mass is 32.2. The van der Waals surface area contributed by atoms with Crippen LogP contribution in [0.5, 0.6) is 5.75 Å². The van der Waals surface area contributed by atoms with Crippen molar-refractivity contribution < 1.29 is 19.1 Å². The fraction of sp³-hybridized carbons (Fsp3) is 0.300. The quantitative estimate of drug-likeness (QED) is 0.417. The van der Waals surface area contributed by atoms with Crippen LogP contribution in [0.1, 0.15) is 40.1 Å². The van der Waals surface area contributed by atoms with E-state index in [0.29, 0.717) is 16.9 Å². The van der Waals surface area contributed by atoms with Crippen LogP contribution in [0.2, 0.25) is 0 Å². The first-order valence-corrected chi connectivity index (χ1v) is 9.28. The largest absolute Gasteiger partial charge is 0.496 e. The molecule has 25 heavy (non-hydrogen) atoms. The lowest BCUT2D eigenvalue weighted by Crippen LogP contribution is -2.24. The number of aryl methyl sites for hydroxylation is 1. The minimum absolute atomic E-state index is 0.226. The van der Waals surface area contributed by atoms with E-state index in [9.17, 15) is 9.59 Å². The van der Waals surface area contributed by atoms with Crippen LogP contribution in [0.25, 0.3) is 0 Å². The molecular weight excluding hydrogens is 336 g/mol. The molecule has 0 fully saturated rings. The summed E-state index contributed by atoms with van der Waals surface area (Å²) in [6, 6.07) is 12.6. The summed E-state index contributed by atoms with van der Waals surface area (Å²) in [6.45, 7) is 3.63. The van der Waals surface area contributed by atoms with Gasteiger partial charge in [-0.15, -0.1) is 11.8 Å². The van der Waals surface area contributed by atoms with Crippen molar-refractivity contribution >= 4 is 23.5 Å². The summed E-state index contributed by atoms with van der Waals surface area (Å²) in [5.74, 6) is -0.366. The predicted octanol–water partition coefficient (Wildman–Crippen LogP) is 4.41. The van der Waals surface area contributed by atoms with Gasteiger partial charge in [-0.05, 0) is 43.4 Å². The summed E-state index contributed by atoms with van der Waals surface area (Å²) in [5.41, 5.74) is 1.99. The van der Waals surface area contributed by atoms with Crippen LogP contribution in [-0.2, 0) is 11.2 Å². The molecule has 0 aliphatic rings. The number of Topliss-reactive ketones (excluding diaryl/α,β-unsaturated/α-hetero) is 1. The van der Waals surface area contributed by atoms with Crippen LogP contribution in [0.15, 0.2) is 47.4 Å². The Labute approximate surface area is 152 Å². The molecule has 0 aliphatic carbocycles. The fourth-order valence-electron chi connectivity index (χ4n) is 2.38. The number of thioether (sulfide) groups is 1. The Morgan fingerprint density at radius 3 is 2.36 bits per heavy atom. The van der Waals surface area contributed by atoms with Crippen molar-refractivity contribution in [3.05, 3.63) is 59.2 Å². The Hall–Kier alpha value is -2.27. The van der Waals surface area contributed by atoms with Crippen LogP contribution in [-0.4, -0.2) is 31.2 Å². The van der Waals surface area contributed by atoms with E-state index in [1.54, 1.807) is 43.0 Å². The van der Waals surface area contributed by atoms with E-state index in [1.807, 2.05) is 24.5 Å². The number of benzene rings is 2. The molecule has 0 N–H and O–H groups in total. The van der Waals surface area contributed by atoms with Crippen molar-refractivity contribution in [3.8, 4) is 5.75 Å². The number of methoxy groups -OCH3 is 1. The monoisotopic (exact) mass is 358 g/mol. The number of carbonyl (C=O) groups excluding carboxylic acids is 2. The van der Waals surface area contributed by atoms with Gasteiger partial charge in [0.15, 0.2) is 6.10 Å². The van der Waals surface area contributed by atoms with Gasteiger partial charge < -0.3 is 9.47 Å². The first kappa shape index (κ1) is 19.1. The molecule has 2 aromatic carbocycles. The van der Waals surface area contributed by atoms with E-state index in [4.69, 9.17) is 9.47 Å². The Morgan fingerprint density at radius 1 is 1.12 bits per heavy atom. The van der Waals surface area contributed by atoms with Gasteiger partial charge in [-0.3, -0.25) is 4.79 Å². The molecule has 0 saturated carbocycles. The van der Waals surface area contributed by atoms with E-state index in [0.717, 1.165) is 16.9 Å². The van der Waals surface area contributed by atoms with Gasteiger partial charge in [0.1, 0.15) is 11.3 Å².